The third kappa shape index (κ3) is 5.68. The number of carbonyl (C=O) groups is 1. The molecule has 2 unspecified atom stereocenters. The summed E-state index contributed by atoms with van der Waals surface area (Å²) in [6.45, 7) is 5.61. The van der Waals surface area contributed by atoms with Crippen LogP contribution in [0.1, 0.15) is 49.0 Å². The number of piperidine rings is 1. The van der Waals surface area contributed by atoms with Crippen LogP contribution >= 0.6 is 9.24 Å². The lowest BCUT2D eigenvalue weighted by molar-refractivity contribution is 0.0692. The fourth-order valence-corrected chi connectivity index (χ4v) is 4.41. The molecule has 1 heterocycles. The average molecular weight is 442 g/mol. The van der Waals surface area contributed by atoms with Crippen molar-refractivity contribution in [2.24, 2.45) is 5.92 Å². The fraction of sp³-hybridized carbons (Fsp3) is 0.346. The second kappa shape index (κ2) is 10.3. The van der Waals surface area contributed by atoms with Crippen molar-refractivity contribution in [1.29, 1.82) is 0 Å². The van der Waals surface area contributed by atoms with Gasteiger partial charge in [-0.05, 0) is 55.0 Å². The summed E-state index contributed by atoms with van der Waals surface area (Å²) in [4.78, 5) is 15.0. The van der Waals surface area contributed by atoms with Crippen molar-refractivity contribution < 1.29 is 13.6 Å². The molecule has 164 valence electrons. The first-order chi connectivity index (χ1) is 14.8. The molecule has 1 saturated heterocycles. The standard InChI is InChI=1S/C26H30F2NOP/c1-3-5-9-19(4-2)22-10-8-17-29(18-22)25(30)21-15-13-20(14-16-21)23-11-6-7-12-24(23)26(27,28)31/h4-7,9,11-16,22H,3,8,10,17-18,31H2,1-2H3/b9-5-,19-4+. The number of alkyl halides is 2. The van der Waals surface area contributed by atoms with Crippen LogP contribution in [0.4, 0.5) is 8.78 Å². The number of hydrogen-bond donors (Lipinski definition) is 0. The summed E-state index contributed by atoms with van der Waals surface area (Å²) in [7, 11) is 1.60. The van der Waals surface area contributed by atoms with Crippen molar-refractivity contribution in [3.05, 3.63) is 83.5 Å². The molecule has 1 aliphatic heterocycles. The molecule has 2 aromatic carbocycles. The van der Waals surface area contributed by atoms with Crippen molar-refractivity contribution in [2.45, 2.75) is 38.8 Å². The van der Waals surface area contributed by atoms with E-state index in [9.17, 15) is 13.6 Å². The summed E-state index contributed by atoms with van der Waals surface area (Å²) >= 11 is 0. The summed E-state index contributed by atoms with van der Waals surface area (Å²) in [6.07, 6.45) is 9.51. The molecule has 0 radical (unpaired) electrons. The third-order valence-corrected chi connectivity index (χ3v) is 6.10. The highest BCUT2D eigenvalue weighted by molar-refractivity contribution is 7.17. The number of halogens is 2. The molecule has 0 N–H and O–H groups in total. The molecule has 2 aromatic rings. The normalized spacial score (nSPS) is 17.9. The van der Waals surface area contributed by atoms with Crippen LogP contribution in [0.5, 0.6) is 0 Å². The second-order valence-electron chi connectivity index (χ2n) is 7.94. The van der Waals surface area contributed by atoms with Crippen LogP contribution in [0.3, 0.4) is 0 Å². The van der Waals surface area contributed by atoms with Crippen LogP contribution in [0.15, 0.2) is 72.3 Å². The van der Waals surface area contributed by atoms with Gasteiger partial charge in [0.1, 0.15) is 0 Å². The molecule has 0 aromatic heterocycles. The van der Waals surface area contributed by atoms with E-state index in [0.717, 1.165) is 25.8 Å². The van der Waals surface area contributed by atoms with Crippen LogP contribution < -0.4 is 0 Å². The van der Waals surface area contributed by atoms with Crippen LogP contribution in [-0.2, 0) is 5.66 Å². The fourth-order valence-electron chi connectivity index (χ4n) is 4.16. The zero-order valence-electron chi connectivity index (χ0n) is 18.2. The number of hydrogen-bond acceptors (Lipinski definition) is 1. The molecule has 0 bridgehead atoms. The Bertz CT molecular complexity index is 960. The van der Waals surface area contributed by atoms with Crippen LogP contribution in [0.25, 0.3) is 11.1 Å². The quantitative estimate of drug-likeness (QED) is 0.348. The minimum Gasteiger partial charge on any atom is -0.338 e. The molecular weight excluding hydrogens is 411 g/mol. The van der Waals surface area contributed by atoms with Gasteiger partial charge in [0.15, 0.2) is 0 Å². The van der Waals surface area contributed by atoms with E-state index in [0.29, 0.717) is 29.2 Å². The molecule has 1 aliphatic rings. The molecule has 3 rings (SSSR count). The van der Waals surface area contributed by atoms with Gasteiger partial charge in [-0.2, -0.15) is 8.78 Å². The summed E-state index contributed by atoms with van der Waals surface area (Å²) < 4.78 is 27.9. The minimum absolute atomic E-state index is 0.00386. The molecule has 0 aliphatic carbocycles. The van der Waals surface area contributed by atoms with E-state index in [1.807, 2.05) is 11.8 Å². The van der Waals surface area contributed by atoms with Crippen LogP contribution in [-0.4, -0.2) is 23.9 Å². The lowest BCUT2D eigenvalue weighted by atomic mass is 9.89. The van der Waals surface area contributed by atoms with Gasteiger partial charge in [-0.1, -0.05) is 70.8 Å². The maximum Gasteiger partial charge on any atom is 0.284 e. The maximum absolute atomic E-state index is 14.0. The summed E-state index contributed by atoms with van der Waals surface area (Å²) in [5.74, 6) is 0.344. The van der Waals surface area contributed by atoms with Crippen molar-refractivity contribution in [3.63, 3.8) is 0 Å². The van der Waals surface area contributed by atoms with Gasteiger partial charge in [-0.15, -0.1) is 0 Å². The third-order valence-electron chi connectivity index (χ3n) is 5.79. The summed E-state index contributed by atoms with van der Waals surface area (Å²) in [6, 6.07) is 13.5. The summed E-state index contributed by atoms with van der Waals surface area (Å²) in [5, 5.41) is 0. The summed E-state index contributed by atoms with van der Waals surface area (Å²) in [5.41, 5.74) is -0.0381. The first-order valence-corrected chi connectivity index (χ1v) is 11.4. The topological polar surface area (TPSA) is 20.3 Å². The number of amides is 1. The molecule has 5 heteroatoms. The van der Waals surface area contributed by atoms with Gasteiger partial charge in [0.2, 0.25) is 0 Å². The lowest BCUT2D eigenvalue weighted by Crippen LogP contribution is -2.40. The Hall–Kier alpha value is -2.32. The number of likely N-dealkylation sites (tertiary alicyclic amines) is 1. The molecule has 0 saturated carbocycles. The predicted octanol–water partition coefficient (Wildman–Crippen LogP) is 7.04. The minimum atomic E-state index is -3.01. The first-order valence-electron chi connectivity index (χ1n) is 10.8. The largest absolute Gasteiger partial charge is 0.338 e. The number of rotatable bonds is 6. The number of benzene rings is 2. The van der Waals surface area contributed by atoms with Gasteiger partial charge in [0.05, 0.1) is 0 Å². The van der Waals surface area contributed by atoms with Gasteiger partial charge in [-0.3, -0.25) is 4.79 Å². The SMILES string of the molecule is C/C=C(\C=C/CC)C1CCCN(C(=O)c2ccc(-c3ccccc3C(F)(F)P)cc2)C1. The molecule has 1 fully saturated rings. The van der Waals surface area contributed by atoms with E-state index in [4.69, 9.17) is 0 Å². The molecule has 0 spiro atoms. The van der Waals surface area contributed by atoms with Gasteiger partial charge in [0, 0.05) is 30.1 Å². The number of carbonyl (C=O) groups excluding carboxylic acids is 1. The van der Waals surface area contributed by atoms with Crippen LogP contribution in [0.2, 0.25) is 0 Å². The van der Waals surface area contributed by atoms with Gasteiger partial charge in [0.25, 0.3) is 11.6 Å². The predicted molar refractivity (Wildman–Crippen MR) is 127 cm³/mol. The Morgan fingerprint density at radius 2 is 1.90 bits per heavy atom. The smallest absolute Gasteiger partial charge is 0.284 e. The van der Waals surface area contributed by atoms with Gasteiger partial charge in [-0.25, -0.2) is 0 Å². The van der Waals surface area contributed by atoms with E-state index in [1.165, 1.54) is 11.6 Å². The number of nitrogens with zero attached hydrogens (tertiary/aromatic N) is 1. The zero-order valence-corrected chi connectivity index (χ0v) is 19.3. The lowest BCUT2D eigenvalue weighted by Gasteiger charge is -2.33. The Kier molecular flexibility index (Phi) is 7.78. The van der Waals surface area contributed by atoms with Gasteiger partial charge >= 0.3 is 0 Å². The maximum atomic E-state index is 14.0. The van der Waals surface area contributed by atoms with Gasteiger partial charge < -0.3 is 4.90 Å². The Labute approximate surface area is 186 Å². The first kappa shape index (κ1) is 23.3. The highest BCUT2D eigenvalue weighted by Crippen LogP contribution is 2.40. The average Bonchev–Trinajstić information content (AvgIpc) is 2.79. The highest BCUT2D eigenvalue weighted by Gasteiger charge is 2.28. The Morgan fingerprint density at radius 1 is 1.19 bits per heavy atom. The number of allylic oxidation sites excluding steroid dienone is 3. The van der Waals surface area contributed by atoms with E-state index in [-0.39, 0.29) is 11.5 Å². The molecule has 2 nitrogen and oxygen atoms in total. The molecular formula is C26H30F2NOP. The Balaban J connectivity index is 1.78. The van der Waals surface area contributed by atoms with E-state index < -0.39 is 5.66 Å². The second-order valence-corrected chi connectivity index (χ2v) is 8.66. The molecule has 31 heavy (non-hydrogen) atoms. The van der Waals surface area contributed by atoms with E-state index >= 15 is 0 Å². The molecule has 1 amide bonds. The van der Waals surface area contributed by atoms with Crippen molar-refractivity contribution in [2.75, 3.05) is 13.1 Å². The monoisotopic (exact) mass is 441 g/mol. The highest BCUT2D eigenvalue weighted by atomic mass is 31.0. The van der Waals surface area contributed by atoms with E-state index in [2.05, 4.69) is 25.2 Å². The van der Waals surface area contributed by atoms with E-state index in [1.54, 1.807) is 51.7 Å². The Morgan fingerprint density at radius 3 is 2.55 bits per heavy atom. The van der Waals surface area contributed by atoms with Crippen molar-refractivity contribution >= 4 is 15.1 Å². The van der Waals surface area contributed by atoms with Crippen molar-refractivity contribution in [1.82, 2.24) is 4.90 Å². The van der Waals surface area contributed by atoms with Crippen molar-refractivity contribution in [3.8, 4) is 11.1 Å². The zero-order chi connectivity index (χ0) is 22.4. The molecule has 2 atom stereocenters. The van der Waals surface area contributed by atoms with Crippen LogP contribution in [0, 0.1) is 5.92 Å².